The smallest absolute Gasteiger partial charge is 0.247 e. The summed E-state index contributed by atoms with van der Waals surface area (Å²) < 4.78 is 35.0. The predicted molar refractivity (Wildman–Crippen MR) is 147 cm³/mol. The molecule has 0 spiro atoms. The summed E-state index contributed by atoms with van der Waals surface area (Å²) in [5.41, 5.74) is 3.65. The van der Waals surface area contributed by atoms with Crippen molar-refractivity contribution in [3.8, 4) is 5.75 Å². The third-order valence-corrected chi connectivity index (χ3v) is 9.84. The number of carbonyl (C=O) groups is 1. The molecule has 5 rings (SSSR count). The number of hydrogen-bond acceptors (Lipinski definition) is 6. The molecule has 1 aliphatic rings. The molecule has 2 heterocycles. The molecule has 0 radical (unpaired) electrons. The minimum atomic E-state index is -3.83. The van der Waals surface area contributed by atoms with E-state index in [1.807, 2.05) is 56.3 Å². The first-order chi connectivity index (χ1) is 17.8. The minimum absolute atomic E-state index is 0.202. The number of aryl methyl sites for hydroxylation is 2. The Morgan fingerprint density at radius 3 is 2.51 bits per heavy atom. The monoisotopic (exact) mass is 535 g/mol. The van der Waals surface area contributed by atoms with Crippen molar-refractivity contribution >= 4 is 42.6 Å². The number of hydrogen-bond donors (Lipinski definition) is 0. The Labute approximate surface area is 221 Å². The van der Waals surface area contributed by atoms with Crippen LogP contribution in [0.3, 0.4) is 0 Å². The first kappa shape index (κ1) is 25.4. The van der Waals surface area contributed by atoms with E-state index in [1.54, 1.807) is 36.3 Å². The molecule has 1 aromatic heterocycles. The molecule has 1 saturated heterocycles. The van der Waals surface area contributed by atoms with Gasteiger partial charge in [-0.3, -0.25) is 9.69 Å². The summed E-state index contributed by atoms with van der Waals surface area (Å²) in [6.07, 6.45) is 1.08. The van der Waals surface area contributed by atoms with Crippen molar-refractivity contribution in [1.82, 2.24) is 9.29 Å². The van der Waals surface area contributed by atoms with E-state index < -0.39 is 16.1 Å². The second-order valence-corrected chi connectivity index (χ2v) is 12.1. The molecule has 0 saturated carbocycles. The molecule has 3 aromatic carbocycles. The molecule has 1 unspecified atom stereocenters. The maximum atomic E-state index is 14.2. The molecule has 0 bridgehead atoms. The van der Waals surface area contributed by atoms with Gasteiger partial charge in [0.1, 0.15) is 17.3 Å². The van der Waals surface area contributed by atoms with Crippen LogP contribution in [-0.2, 0) is 21.4 Å². The Balaban J connectivity index is 1.55. The normalized spacial score (nSPS) is 16.2. The zero-order valence-corrected chi connectivity index (χ0v) is 22.7. The Morgan fingerprint density at radius 2 is 1.81 bits per heavy atom. The quantitative estimate of drug-likeness (QED) is 0.321. The summed E-state index contributed by atoms with van der Waals surface area (Å²) >= 11 is 1.42. The molecule has 37 heavy (non-hydrogen) atoms. The molecule has 192 valence electrons. The highest BCUT2D eigenvalue weighted by Gasteiger charge is 2.42. The van der Waals surface area contributed by atoms with Gasteiger partial charge in [-0.2, -0.15) is 4.31 Å². The number of nitrogens with zero attached hydrogens (tertiary/aromatic N) is 3. The number of rotatable bonds is 7. The van der Waals surface area contributed by atoms with E-state index in [4.69, 9.17) is 9.72 Å². The maximum absolute atomic E-state index is 14.2. The fourth-order valence-corrected chi connectivity index (χ4v) is 7.39. The van der Waals surface area contributed by atoms with Gasteiger partial charge in [0.15, 0.2) is 5.13 Å². The summed E-state index contributed by atoms with van der Waals surface area (Å²) in [7, 11) is -2.23. The Bertz CT molecular complexity index is 1530. The number of benzene rings is 3. The van der Waals surface area contributed by atoms with Crippen LogP contribution in [0.2, 0.25) is 0 Å². The topological polar surface area (TPSA) is 79.8 Å². The second-order valence-electron chi connectivity index (χ2n) is 9.26. The van der Waals surface area contributed by atoms with Crippen molar-refractivity contribution in [3.63, 3.8) is 0 Å². The third-order valence-electron chi connectivity index (χ3n) is 6.71. The van der Waals surface area contributed by atoms with E-state index in [0.717, 1.165) is 21.4 Å². The van der Waals surface area contributed by atoms with Crippen LogP contribution in [0.4, 0.5) is 5.13 Å². The SMILES string of the molecule is COc1ccc(C)c2sc(N(Cc3ccccc3)C(=O)C3CCCN3S(=O)(=O)c3ccc(C)cc3)nc12. The van der Waals surface area contributed by atoms with Crippen LogP contribution < -0.4 is 9.64 Å². The Kier molecular flexibility index (Phi) is 7.02. The number of anilines is 1. The Hall–Kier alpha value is -3.27. The lowest BCUT2D eigenvalue weighted by Gasteiger charge is -2.28. The standard InChI is InChI=1S/C28H29N3O4S2/c1-19-11-14-22(15-12-19)37(33,34)31-17-7-10-23(31)27(32)30(18-21-8-5-4-6-9-21)28-29-25-24(35-3)16-13-20(2)26(25)36-28/h4-6,8-9,11-16,23H,7,10,17-18H2,1-3H3. The molecule has 1 amide bonds. The van der Waals surface area contributed by atoms with Crippen molar-refractivity contribution in [1.29, 1.82) is 0 Å². The number of aromatic nitrogens is 1. The number of ether oxygens (including phenoxy) is 1. The fourth-order valence-electron chi connectivity index (χ4n) is 4.68. The molecule has 1 fully saturated rings. The number of thiazole rings is 1. The van der Waals surface area contributed by atoms with Gasteiger partial charge >= 0.3 is 0 Å². The van der Waals surface area contributed by atoms with Gasteiger partial charge in [-0.1, -0.05) is 65.4 Å². The molecule has 1 atom stereocenters. The van der Waals surface area contributed by atoms with E-state index in [0.29, 0.717) is 35.8 Å². The van der Waals surface area contributed by atoms with Crippen LogP contribution in [0.5, 0.6) is 5.75 Å². The lowest BCUT2D eigenvalue weighted by atomic mass is 10.1. The summed E-state index contributed by atoms with van der Waals surface area (Å²) in [5, 5.41) is 0.524. The average Bonchev–Trinajstić information content (AvgIpc) is 3.57. The zero-order valence-electron chi connectivity index (χ0n) is 21.0. The number of methoxy groups -OCH3 is 1. The van der Waals surface area contributed by atoms with Gasteiger partial charge in [-0.15, -0.1) is 0 Å². The summed E-state index contributed by atoms with van der Waals surface area (Å²) in [6, 6.07) is 19.5. The summed E-state index contributed by atoms with van der Waals surface area (Å²) in [4.78, 5) is 20.8. The maximum Gasteiger partial charge on any atom is 0.247 e. The summed E-state index contributed by atoms with van der Waals surface area (Å²) in [5.74, 6) is 0.368. The average molecular weight is 536 g/mol. The molecule has 7 nitrogen and oxygen atoms in total. The van der Waals surface area contributed by atoms with Crippen molar-refractivity contribution in [2.75, 3.05) is 18.6 Å². The largest absolute Gasteiger partial charge is 0.494 e. The zero-order chi connectivity index (χ0) is 26.2. The second kappa shape index (κ2) is 10.2. The van der Waals surface area contributed by atoms with Gasteiger partial charge in [0, 0.05) is 6.54 Å². The lowest BCUT2D eigenvalue weighted by Crippen LogP contribution is -2.47. The van der Waals surface area contributed by atoms with Gasteiger partial charge in [-0.25, -0.2) is 13.4 Å². The van der Waals surface area contributed by atoms with Crippen molar-refractivity contribution < 1.29 is 17.9 Å². The van der Waals surface area contributed by atoms with Crippen LogP contribution in [0.1, 0.15) is 29.5 Å². The van der Waals surface area contributed by atoms with Crippen LogP contribution >= 0.6 is 11.3 Å². The highest BCUT2D eigenvalue weighted by Crippen LogP contribution is 2.38. The molecule has 0 N–H and O–H groups in total. The van der Waals surface area contributed by atoms with E-state index >= 15 is 0 Å². The molecule has 9 heteroatoms. The summed E-state index contributed by atoms with van der Waals surface area (Å²) in [6.45, 7) is 4.50. The Morgan fingerprint density at radius 1 is 1.08 bits per heavy atom. The predicted octanol–water partition coefficient (Wildman–Crippen LogP) is 5.31. The number of amides is 1. The van der Waals surface area contributed by atoms with Gasteiger partial charge in [-0.05, 0) is 56.0 Å². The molecule has 0 aliphatic carbocycles. The van der Waals surface area contributed by atoms with Gasteiger partial charge in [0.25, 0.3) is 0 Å². The number of carbonyl (C=O) groups excluding carboxylic acids is 1. The molecular formula is C28H29N3O4S2. The van der Waals surface area contributed by atoms with Crippen LogP contribution in [0.15, 0.2) is 71.6 Å². The lowest BCUT2D eigenvalue weighted by molar-refractivity contribution is -0.121. The van der Waals surface area contributed by atoms with Crippen molar-refractivity contribution in [2.24, 2.45) is 0 Å². The van der Waals surface area contributed by atoms with Crippen molar-refractivity contribution in [3.05, 3.63) is 83.4 Å². The van der Waals surface area contributed by atoms with Gasteiger partial charge in [0.05, 0.1) is 23.2 Å². The minimum Gasteiger partial charge on any atom is -0.494 e. The fraction of sp³-hybridized carbons (Fsp3) is 0.286. The highest BCUT2D eigenvalue weighted by atomic mass is 32.2. The van der Waals surface area contributed by atoms with Gasteiger partial charge < -0.3 is 4.74 Å². The van der Waals surface area contributed by atoms with Crippen LogP contribution in [0, 0.1) is 13.8 Å². The van der Waals surface area contributed by atoms with Crippen LogP contribution in [0.25, 0.3) is 10.2 Å². The van der Waals surface area contributed by atoms with Crippen molar-refractivity contribution in [2.45, 2.75) is 44.2 Å². The molecule has 1 aliphatic heterocycles. The highest BCUT2D eigenvalue weighted by molar-refractivity contribution is 7.89. The van der Waals surface area contributed by atoms with Crippen LogP contribution in [-0.4, -0.2) is 43.3 Å². The molecule has 4 aromatic rings. The first-order valence-electron chi connectivity index (χ1n) is 12.2. The van der Waals surface area contributed by atoms with Gasteiger partial charge in [0.2, 0.25) is 15.9 Å². The number of fused-ring (bicyclic) bond motifs is 1. The van der Waals surface area contributed by atoms with E-state index in [-0.39, 0.29) is 17.3 Å². The first-order valence-corrected chi connectivity index (χ1v) is 14.4. The number of sulfonamides is 1. The van der Waals surface area contributed by atoms with E-state index in [9.17, 15) is 13.2 Å². The molecular weight excluding hydrogens is 506 g/mol. The van der Waals surface area contributed by atoms with E-state index in [2.05, 4.69) is 0 Å². The van der Waals surface area contributed by atoms with E-state index in [1.165, 1.54) is 15.6 Å². The third kappa shape index (κ3) is 4.86.